The van der Waals surface area contributed by atoms with Crippen LogP contribution in [0.3, 0.4) is 0 Å². The molecule has 0 saturated carbocycles. The molecule has 82 valence electrons. The lowest BCUT2D eigenvalue weighted by molar-refractivity contribution is 1.42. The van der Waals surface area contributed by atoms with Crippen LogP contribution < -0.4 is 5.14 Å². The first-order chi connectivity index (χ1) is 7.70. The third-order valence-corrected chi connectivity index (χ3v) is 3.28. The van der Waals surface area contributed by atoms with Crippen LogP contribution in [0.2, 0.25) is 5.02 Å². The predicted molar refractivity (Wildman–Crippen MR) is 71.7 cm³/mol. The van der Waals surface area contributed by atoms with Crippen molar-refractivity contribution in [2.75, 3.05) is 0 Å². The minimum atomic E-state index is 0.762. The maximum absolute atomic E-state index is 6.00. The molecule has 0 heterocycles. The highest BCUT2D eigenvalue weighted by atomic mass is 35.5. The Labute approximate surface area is 105 Å². The Morgan fingerprint density at radius 1 is 1.06 bits per heavy atom. The van der Waals surface area contributed by atoms with Gasteiger partial charge >= 0.3 is 0 Å². The van der Waals surface area contributed by atoms with Crippen LogP contribution in [0.25, 0.3) is 11.1 Å². The molecule has 0 radical (unpaired) electrons. The van der Waals surface area contributed by atoms with Gasteiger partial charge in [0.05, 0.1) is 0 Å². The Kier molecular flexibility index (Phi) is 3.54. The first kappa shape index (κ1) is 11.5. The smallest absolute Gasteiger partial charge is 0.0412 e. The summed E-state index contributed by atoms with van der Waals surface area (Å²) in [6, 6.07) is 14.1. The zero-order valence-electron chi connectivity index (χ0n) is 8.91. The molecule has 16 heavy (non-hydrogen) atoms. The molecular formula is C13H12ClNS. The average Bonchev–Trinajstić information content (AvgIpc) is 2.32. The normalized spacial score (nSPS) is 10.4. The van der Waals surface area contributed by atoms with E-state index in [1.165, 1.54) is 23.1 Å². The average molecular weight is 250 g/mol. The lowest BCUT2D eigenvalue weighted by Crippen LogP contribution is -1.84. The molecule has 0 spiro atoms. The van der Waals surface area contributed by atoms with Crippen molar-refractivity contribution in [3.63, 3.8) is 0 Å². The van der Waals surface area contributed by atoms with Crippen LogP contribution in [-0.4, -0.2) is 0 Å². The van der Waals surface area contributed by atoms with Crippen LogP contribution in [0.5, 0.6) is 0 Å². The highest BCUT2D eigenvalue weighted by Crippen LogP contribution is 2.27. The number of rotatable bonds is 2. The standard InChI is InChI=1S/C13H12ClNS/c1-9-2-5-11(14)8-13(9)10-3-6-12(16-15)7-4-10/h2-8H,15H2,1H3. The van der Waals surface area contributed by atoms with Gasteiger partial charge in [-0.1, -0.05) is 29.8 Å². The Morgan fingerprint density at radius 2 is 1.75 bits per heavy atom. The summed E-state index contributed by atoms with van der Waals surface area (Å²) < 4.78 is 0. The quantitative estimate of drug-likeness (QED) is 0.804. The van der Waals surface area contributed by atoms with E-state index in [1.807, 2.05) is 30.3 Å². The summed E-state index contributed by atoms with van der Waals surface area (Å²) >= 11 is 7.26. The van der Waals surface area contributed by atoms with Crippen molar-refractivity contribution in [3.05, 3.63) is 53.1 Å². The van der Waals surface area contributed by atoms with Crippen LogP contribution in [0.15, 0.2) is 47.4 Å². The molecule has 3 heteroatoms. The molecule has 0 aliphatic rings. The molecule has 1 nitrogen and oxygen atoms in total. The van der Waals surface area contributed by atoms with Crippen molar-refractivity contribution in [2.24, 2.45) is 5.14 Å². The van der Waals surface area contributed by atoms with Crippen molar-refractivity contribution >= 4 is 23.5 Å². The summed E-state index contributed by atoms with van der Waals surface area (Å²) in [4.78, 5) is 1.06. The number of nitrogens with two attached hydrogens (primary N) is 1. The van der Waals surface area contributed by atoms with E-state index in [1.54, 1.807) is 0 Å². The second-order valence-electron chi connectivity index (χ2n) is 3.60. The van der Waals surface area contributed by atoms with Gasteiger partial charge in [-0.2, -0.15) is 0 Å². The second kappa shape index (κ2) is 4.91. The fourth-order valence-electron chi connectivity index (χ4n) is 1.62. The highest BCUT2D eigenvalue weighted by molar-refractivity contribution is 7.97. The van der Waals surface area contributed by atoms with Gasteiger partial charge in [-0.15, -0.1) is 0 Å². The maximum Gasteiger partial charge on any atom is 0.0412 e. The van der Waals surface area contributed by atoms with E-state index in [2.05, 4.69) is 19.1 Å². The van der Waals surface area contributed by atoms with Crippen molar-refractivity contribution in [1.29, 1.82) is 0 Å². The molecule has 2 N–H and O–H groups in total. The molecule has 0 unspecified atom stereocenters. The Bertz CT molecular complexity index is 494. The molecule has 2 rings (SSSR count). The van der Waals surface area contributed by atoms with E-state index in [4.69, 9.17) is 16.7 Å². The number of hydrogen-bond donors (Lipinski definition) is 1. The first-order valence-corrected chi connectivity index (χ1v) is 6.20. The fraction of sp³-hybridized carbons (Fsp3) is 0.0769. The van der Waals surface area contributed by atoms with Crippen molar-refractivity contribution < 1.29 is 0 Å². The molecule has 0 bridgehead atoms. The summed E-state index contributed by atoms with van der Waals surface area (Å²) in [6.07, 6.45) is 0. The van der Waals surface area contributed by atoms with Crippen molar-refractivity contribution in [2.45, 2.75) is 11.8 Å². The van der Waals surface area contributed by atoms with E-state index in [-0.39, 0.29) is 0 Å². The van der Waals surface area contributed by atoms with Gasteiger partial charge in [0.25, 0.3) is 0 Å². The number of halogens is 1. The third kappa shape index (κ3) is 2.40. The number of benzene rings is 2. The van der Waals surface area contributed by atoms with Gasteiger partial charge in [0, 0.05) is 9.92 Å². The summed E-state index contributed by atoms with van der Waals surface area (Å²) in [6.45, 7) is 2.08. The Morgan fingerprint density at radius 3 is 2.38 bits per heavy atom. The predicted octanol–water partition coefficient (Wildman–Crippen LogP) is 4.28. The van der Waals surface area contributed by atoms with E-state index >= 15 is 0 Å². The van der Waals surface area contributed by atoms with Crippen LogP contribution in [0.1, 0.15) is 5.56 Å². The maximum atomic E-state index is 6.00. The molecule has 0 fully saturated rings. The zero-order valence-corrected chi connectivity index (χ0v) is 10.5. The monoisotopic (exact) mass is 249 g/mol. The van der Waals surface area contributed by atoms with Gasteiger partial charge < -0.3 is 0 Å². The van der Waals surface area contributed by atoms with Crippen molar-refractivity contribution in [1.82, 2.24) is 0 Å². The van der Waals surface area contributed by atoms with Gasteiger partial charge in [-0.3, -0.25) is 5.14 Å². The molecule has 0 atom stereocenters. The van der Waals surface area contributed by atoms with Gasteiger partial charge in [-0.05, 0) is 59.8 Å². The van der Waals surface area contributed by atoms with Crippen molar-refractivity contribution in [3.8, 4) is 11.1 Å². The molecule has 0 saturated heterocycles. The van der Waals surface area contributed by atoms with E-state index < -0.39 is 0 Å². The summed E-state index contributed by atoms with van der Waals surface area (Å²) in [5.74, 6) is 0. The Hall–Kier alpha value is -0.960. The third-order valence-electron chi connectivity index (χ3n) is 2.50. The molecule has 0 aliphatic heterocycles. The Balaban J connectivity index is 2.45. The highest BCUT2D eigenvalue weighted by Gasteiger charge is 2.02. The summed E-state index contributed by atoms with van der Waals surface area (Å²) in [5, 5.41) is 6.25. The molecule has 2 aromatic carbocycles. The minimum Gasteiger partial charge on any atom is -0.274 e. The van der Waals surface area contributed by atoms with Gasteiger partial charge in [-0.25, -0.2) is 0 Å². The van der Waals surface area contributed by atoms with E-state index in [0.717, 1.165) is 15.5 Å². The zero-order chi connectivity index (χ0) is 11.5. The van der Waals surface area contributed by atoms with Gasteiger partial charge in [0.1, 0.15) is 0 Å². The van der Waals surface area contributed by atoms with Crippen LogP contribution in [-0.2, 0) is 0 Å². The molecular weight excluding hydrogens is 238 g/mol. The fourth-order valence-corrected chi connectivity index (χ4v) is 2.08. The van der Waals surface area contributed by atoms with Crippen LogP contribution >= 0.6 is 23.5 Å². The molecule has 0 aromatic heterocycles. The van der Waals surface area contributed by atoms with E-state index in [0.29, 0.717) is 0 Å². The SMILES string of the molecule is Cc1ccc(Cl)cc1-c1ccc(SN)cc1. The lowest BCUT2D eigenvalue weighted by atomic mass is 10.0. The minimum absolute atomic E-state index is 0.762. The number of hydrogen-bond acceptors (Lipinski definition) is 2. The van der Waals surface area contributed by atoms with Gasteiger partial charge in [0.15, 0.2) is 0 Å². The topological polar surface area (TPSA) is 26.0 Å². The molecule has 0 amide bonds. The van der Waals surface area contributed by atoms with Crippen LogP contribution in [0, 0.1) is 6.92 Å². The van der Waals surface area contributed by atoms with Crippen LogP contribution in [0.4, 0.5) is 0 Å². The van der Waals surface area contributed by atoms with E-state index in [9.17, 15) is 0 Å². The first-order valence-electron chi connectivity index (χ1n) is 4.94. The second-order valence-corrected chi connectivity index (χ2v) is 4.75. The summed E-state index contributed by atoms with van der Waals surface area (Å²) in [5.41, 5.74) is 3.55. The molecule has 0 aliphatic carbocycles. The largest absolute Gasteiger partial charge is 0.274 e. The summed E-state index contributed by atoms with van der Waals surface area (Å²) in [7, 11) is 0. The number of aryl methyl sites for hydroxylation is 1. The lowest BCUT2D eigenvalue weighted by Gasteiger charge is -2.07. The van der Waals surface area contributed by atoms with Gasteiger partial charge in [0.2, 0.25) is 0 Å². The molecule has 2 aromatic rings.